The summed E-state index contributed by atoms with van der Waals surface area (Å²) in [6, 6.07) is 0. The van der Waals surface area contributed by atoms with Crippen molar-refractivity contribution in [2.45, 2.75) is 33.1 Å². The maximum Gasteiger partial charge on any atom is 0.342 e. The lowest BCUT2D eigenvalue weighted by Gasteiger charge is -1.97. The van der Waals surface area contributed by atoms with Crippen molar-refractivity contribution in [2.75, 3.05) is 0 Å². The van der Waals surface area contributed by atoms with Gasteiger partial charge in [0.05, 0.1) is 0 Å². The highest BCUT2D eigenvalue weighted by atomic mass is 16.6. The molecule has 76 valence electrons. The predicted octanol–water partition coefficient (Wildman–Crippen LogP) is 1.15. The van der Waals surface area contributed by atoms with Crippen LogP contribution in [0.2, 0.25) is 0 Å². The summed E-state index contributed by atoms with van der Waals surface area (Å²) >= 11 is 0. The molecular formula is C10H12O4. The molecule has 1 aliphatic rings. The summed E-state index contributed by atoms with van der Waals surface area (Å²) in [6.07, 6.45) is 1.06. The highest BCUT2D eigenvalue weighted by Gasteiger charge is 2.29. The number of ether oxygens (including phenoxy) is 1. The second kappa shape index (κ2) is 4.17. The highest BCUT2D eigenvalue weighted by Crippen LogP contribution is 2.21. The number of rotatable bonds is 4. The van der Waals surface area contributed by atoms with Crippen LogP contribution in [0.4, 0.5) is 0 Å². The molecule has 0 aliphatic carbocycles. The Morgan fingerprint density at radius 2 is 1.93 bits per heavy atom. The molecular weight excluding hydrogens is 184 g/mol. The van der Waals surface area contributed by atoms with Crippen LogP contribution in [0.1, 0.15) is 33.1 Å². The fourth-order valence-corrected chi connectivity index (χ4v) is 1.23. The maximum absolute atomic E-state index is 11.1. The van der Waals surface area contributed by atoms with Crippen LogP contribution in [-0.2, 0) is 19.1 Å². The summed E-state index contributed by atoms with van der Waals surface area (Å²) in [6.45, 7) is 3.31. The second-order valence-corrected chi connectivity index (χ2v) is 3.17. The van der Waals surface area contributed by atoms with E-state index < -0.39 is 11.9 Å². The van der Waals surface area contributed by atoms with Gasteiger partial charge >= 0.3 is 11.9 Å². The minimum Gasteiger partial charge on any atom is -0.386 e. The smallest absolute Gasteiger partial charge is 0.342 e. The first-order valence-corrected chi connectivity index (χ1v) is 4.54. The molecule has 1 aliphatic heterocycles. The van der Waals surface area contributed by atoms with Crippen molar-refractivity contribution in [1.29, 1.82) is 0 Å². The van der Waals surface area contributed by atoms with Gasteiger partial charge in [-0.3, -0.25) is 4.79 Å². The first-order chi connectivity index (χ1) is 6.56. The molecule has 0 bridgehead atoms. The van der Waals surface area contributed by atoms with Crippen molar-refractivity contribution >= 4 is 17.7 Å². The highest BCUT2D eigenvalue weighted by molar-refractivity contribution is 6.12. The van der Waals surface area contributed by atoms with E-state index in [2.05, 4.69) is 4.74 Å². The van der Waals surface area contributed by atoms with E-state index in [4.69, 9.17) is 0 Å². The first-order valence-electron chi connectivity index (χ1n) is 4.54. The Hall–Kier alpha value is -1.45. The number of hydrogen-bond donors (Lipinski definition) is 0. The van der Waals surface area contributed by atoms with Gasteiger partial charge in [0.25, 0.3) is 0 Å². The van der Waals surface area contributed by atoms with Crippen molar-refractivity contribution in [3.05, 3.63) is 11.1 Å². The van der Waals surface area contributed by atoms with E-state index in [1.165, 1.54) is 0 Å². The predicted molar refractivity (Wildman–Crippen MR) is 48.3 cm³/mol. The molecule has 0 aromatic rings. The number of esters is 2. The molecule has 0 atom stereocenters. The van der Waals surface area contributed by atoms with E-state index in [1.807, 2.05) is 0 Å². The second-order valence-electron chi connectivity index (χ2n) is 3.17. The molecule has 0 spiro atoms. The summed E-state index contributed by atoms with van der Waals surface area (Å²) in [5.41, 5.74) is 0.677. The SMILES string of the molecule is CCC(=O)CCC1=C(C)C(=O)OC1=O. The lowest BCUT2D eigenvalue weighted by atomic mass is 10.0. The maximum atomic E-state index is 11.1. The summed E-state index contributed by atoms with van der Waals surface area (Å²) in [5.74, 6) is -1.11. The third-order valence-corrected chi connectivity index (χ3v) is 2.24. The molecule has 0 N–H and O–H groups in total. The van der Waals surface area contributed by atoms with Gasteiger partial charge in [0.2, 0.25) is 0 Å². The van der Waals surface area contributed by atoms with Gasteiger partial charge in [-0.1, -0.05) is 6.92 Å². The molecule has 0 amide bonds. The lowest BCUT2D eigenvalue weighted by Crippen LogP contribution is -2.03. The van der Waals surface area contributed by atoms with Crippen molar-refractivity contribution in [1.82, 2.24) is 0 Å². The number of cyclic esters (lactones) is 2. The number of carbonyl (C=O) groups excluding carboxylic acids is 3. The van der Waals surface area contributed by atoms with Gasteiger partial charge < -0.3 is 4.74 Å². The number of Topliss-reactive ketones (excluding diaryl/α,β-unsaturated/α-hetero) is 1. The topological polar surface area (TPSA) is 60.4 Å². The Labute approximate surface area is 81.9 Å². The molecule has 0 aromatic heterocycles. The van der Waals surface area contributed by atoms with Gasteiger partial charge in [0.15, 0.2) is 0 Å². The molecule has 1 rings (SSSR count). The average molecular weight is 196 g/mol. The van der Waals surface area contributed by atoms with Crippen LogP contribution in [0.25, 0.3) is 0 Å². The summed E-state index contributed by atoms with van der Waals surface area (Å²) in [7, 11) is 0. The normalized spacial score (nSPS) is 16.1. The zero-order valence-corrected chi connectivity index (χ0v) is 8.25. The summed E-state index contributed by atoms with van der Waals surface area (Å²) in [4.78, 5) is 33.0. The number of carbonyl (C=O) groups is 3. The van der Waals surface area contributed by atoms with Crippen LogP contribution in [-0.4, -0.2) is 17.7 Å². The first kappa shape index (κ1) is 10.6. The van der Waals surface area contributed by atoms with E-state index in [0.717, 1.165) is 0 Å². The molecule has 0 fully saturated rings. The van der Waals surface area contributed by atoms with E-state index >= 15 is 0 Å². The Kier molecular flexibility index (Phi) is 3.17. The lowest BCUT2D eigenvalue weighted by molar-refractivity contribution is -0.151. The molecule has 14 heavy (non-hydrogen) atoms. The van der Waals surface area contributed by atoms with Crippen molar-refractivity contribution in [3.63, 3.8) is 0 Å². The van der Waals surface area contributed by atoms with E-state index in [1.54, 1.807) is 13.8 Å². The molecule has 0 radical (unpaired) electrons. The van der Waals surface area contributed by atoms with Crippen molar-refractivity contribution in [2.24, 2.45) is 0 Å². The van der Waals surface area contributed by atoms with Crippen LogP contribution in [0.15, 0.2) is 11.1 Å². The quantitative estimate of drug-likeness (QED) is 0.499. The minimum absolute atomic E-state index is 0.0810. The zero-order valence-electron chi connectivity index (χ0n) is 8.25. The van der Waals surface area contributed by atoms with Gasteiger partial charge in [-0.05, 0) is 13.3 Å². The Bertz CT molecular complexity index is 325. The molecule has 0 saturated carbocycles. The fourth-order valence-electron chi connectivity index (χ4n) is 1.23. The minimum atomic E-state index is -0.601. The summed E-state index contributed by atoms with van der Waals surface area (Å²) in [5, 5.41) is 0. The molecule has 0 aromatic carbocycles. The van der Waals surface area contributed by atoms with Gasteiger partial charge in [-0.2, -0.15) is 0 Å². The van der Waals surface area contributed by atoms with Crippen LogP contribution in [0, 0.1) is 0 Å². The van der Waals surface area contributed by atoms with E-state index in [-0.39, 0.29) is 5.78 Å². The van der Waals surface area contributed by atoms with Crippen LogP contribution in [0.5, 0.6) is 0 Å². The molecule has 4 heteroatoms. The third-order valence-electron chi connectivity index (χ3n) is 2.24. The Morgan fingerprint density at radius 3 is 2.36 bits per heavy atom. The Balaban J connectivity index is 2.64. The van der Waals surface area contributed by atoms with Crippen LogP contribution in [0.3, 0.4) is 0 Å². The Morgan fingerprint density at radius 1 is 1.29 bits per heavy atom. The van der Waals surface area contributed by atoms with Crippen molar-refractivity contribution in [3.8, 4) is 0 Å². The fraction of sp³-hybridized carbons (Fsp3) is 0.500. The summed E-state index contributed by atoms with van der Waals surface area (Å²) < 4.78 is 4.39. The largest absolute Gasteiger partial charge is 0.386 e. The standard InChI is InChI=1S/C10H12O4/c1-3-7(11)4-5-8-6(2)9(12)14-10(8)13/h3-5H2,1-2H3. The molecule has 0 unspecified atom stereocenters. The van der Waals surface area contributed by atoms with Gasteiger partial charge in [0, 0.05) is 24.0 Å². The van der Waals surface area contributed by atoms with E-state index in [0.29, 0.717) is 30.4 Å². The average Bonchev–Trinajstić information content (AvgIpc) is 2.39. The molecule has 0 saturated heterocycles. The third kappa shape index (κ3) is 2.07. The zero-order chi connectivity index (χ0) is 10.7. The van der Waals surface area contributed by atoms with Crippen LogP contribution >= 0.6 is 0 Å². The van der Waals surface area contributed by atoms with E-state index in [9.17, 15) is 14.4 Å². The van der Waals surface area contributed by atoms with Crippen LogP contribution < -0.4 is 0 Å². The molecule has 1 heterocycles. The van der Waals surface area contributed by atoms with Crippen molar-refractivity contribution < 1.29 is 19.1 Å². The van der Waals surface area contributed by atoms with Gasteiger partial charge in [-0.25, -0.2) is 9.59 Å². The monoisotopic (exact) mass is 196 g/mol. The van der Waals surface area contributed by atoms with Gasteiger partial charge in [-0.15, -0.1) is 0 Å². The van der Waals surface area contributed by atoms with Gasteiger partial charge in [0.1, 0.15) is 5.78 Å². The number of ketones is 1. The molecule has 4 nitrogen and oxygen atoms in total. The number of hydrogen-bond acceptors (Lipinski definition) is 4.